The van der Waals surface area contributed by atoms with E-state index >= 15 is 0 Å². The molecule has 29 heavy (non-hydrogen) atoms. The van der Waals surface area contributed by atoms with Gasteiger partial charge in [0, 0.05) is 37.7 Å². The molecule has 0 aliphatic heterocycles. The SMILES string of the molecule is C/C(CC(=O)Nc1ccc(N(C)C)cc1)=N/NC(=O)C(=O)NCc1ccccc1. The smallest absolute Gasteiger partial charge is 0.329 e. The molecule has 0 unspecified atom stereocenters. The summed E-state index contributed by atoms with van der Waals surface area (Å²) in [7, 11) is 3.87. The number of nitrogens with zero attached hydrogens (tertiary/aromatic N) is 2. The molecule has 0 spiro atoms. The number of hydrogen-bond acceptors (Lipinski definition) is 5. The average molecular weight is 395 g/mol. The van der Waals surface area contributed by atoms with Crippen molar-refractivity contribution in [3.63, 3.8) is 0 Å². The van der Waals surface area contributed by atoms with Crippen LogP contribution in [-0.4, -0.2) is 37.5 Å². The highest BCUT2D eigenvalue weighted by Crippen LogP contribution is 2.15. The highest BCUT2D eigenvalue weighted by Gasteiger charge is 2.13. The van der Waals surface area contributed by atoms with Crippen LogP contribution in [0, 0.1) is 0 Å². The van der Waals surface area contributed by atoms with Gasteiger partial charge in [0.1, 0.15) is 0 Å². The zero-order valence-electron chi connectivity index (χ0n) is 16.7. The largest absolute Gasteiger partial charge is 0.378 e. The number of amides is 3. The van der Waals surface area contributed by atoms with E-state index < -0.39 is 11.8 Å². The van der Waals surface area contributed by atoms with E-state index in [2.05, 4.69) is 21.2 Å². The van der Waals surface area contributed by atoms with Crippen molar-refractivity contribution in [3.8, 4) is 0 Å². The Bertz CT molecular complexity index is 877. The summed E-state index contributed by atoms with van der Waals surface area (Å²) in [4.78, 5) is 37.6. The molecule has 8 nitrogen and oxygen atoms in total. The molecule has 8 heteroatoms. The third-order valence-electron chi connectivity index (χ3n) is 3.93. The first kappa shape index (κ1) is 21.6. The number of nitrogens with one attached hydrogen (secondary N) is 3. The highest BCUT2D eigenvalue weighted by molar-refractivity contribution is 6.35. The summed E-state index contributed by atoms with van der Waals surface area (Å²) in [5.41, 5.74) is 5.10. The van der Waals surface area contributed by atoms with Gasteiger partial charge in [0.25, 0.3) is 0 Å². The van der Waals surface area contributed by atoms with Gasteiger partial charge in [0.15, 0.2) is 0 Å². The first-order valence-corrected chi connectivity index (χ1v) is 9.07. The van der Waals surface area contributed by atoms with Crippen LogP contribution in [0.5, 0.6) is 0 Å². The predicted molar refractivity (Wildman–Crippen MR) is 114 cm³/mol. The number of benzene rings is 2. The molecule has 152 valence electrons. The molecule has 2 aromatic carbocycles. The van der Waals surface area contributed by atoms with Crippen molar-refractivity contribution >= 4 is 34.8 Å². The van der Waals surface area contributed by atoms with Gasteiger partial charge in [-0.3, -0.25) is 14.4 Å². The molecule has 0 saturated heterocycles. The number of rotatable bonds is 7. The van der Waals surface area contributed by atoms with Crippen molar-refractivity contribution in [2.24, 2.45) is 5.10 Å². The number of hydrogen-bond donors (Lipinski definition) is 3. The summed E-state index contributed by atoms with van der Waals surface area (Å²) in [6.07, 6.45) is -0.0126. The van der Waals surface area contributed by atoms with Crippen molar-refractivity contribution in [2.75, 3.05) is 24.3 Å². The van der Waals surface area contributed by atoms with E-state index in [1.54, 1.807) is 19.1 Å². The average Bonchev–Trinajstić information content (AvgIpc) is 2.71. The van der Waals surface area contributed by atoms with Crippen LogP contribution in [-0.2, 0) is 20.9 Å². The first-order valence-electron chi connectivity index (χ1n) is 9.07. The number of hydrazone groups is 1. The Labute approximate surface area is 170 Å². The van der Waals surface area contributed by atoms with Crippen molar-refractivity contribution in [1.29, 1.82) is 0 Å². The third kappa shape index (κ3) is 7.45. The van der Waals surface area contributed by atoms with Gasteiger partial charge in [-0.15, -0.1) is 0 Å². The van der Waals surface area contributed by atoms with E-state index in [4.69, 9.17) is 0 Å². The Hall–Kier alpha value is -3.68. The molecule has 2 rings (SSSR count). The van der Waals surface area contributed by atoms with Crippen LogP contribution in [0.4, 0.5) is 11.4 Å². The molecule has 0 bridgehead atoms. The Morgan fingerprint density at radius 3 is 2.21 bits per heavy atom. The summed E-state index contributed by atoms with van der Waals surface area (Å²) in [5.74, 6) is -1.96. The minimum absolute atomic E-state index is 0.0126. The lowest BCUT2D eigenvalue weighted by molar-refractivity contribution is -0.139. The lowest BCUT2D eigenvalue weighted by Crippen LogP contribution is -2.37. The van der Waals surface area contributed by atoms with Crippen LogP contribution in [0.15, 0.2) is 59.7 Å². The second-order valence-electron chi connectivity index (χ2n) is 6.62. The molecule has 0 radical (unpaired) electrons. The maximum Gasteiger partial charge on any atom is 0.329 e. The fraction of sp³-hybridized carbons (Fsp3) is 0.238. The van der Waals surface area contributed by atoms with Gasteiger partial charge >= 0.3 is 11.8 Å². The Kier molecular flexibility index (Phi) is 7.90. The highest BCUT2D eigenvalue weighted by atomic mass is 16.2. The second kappa shape index (κ2) is 10.6. The van der Waals surface area contributed by atoms with Crippen LogP contribution in [0.25, 0.3) is 0 Å². The second-order valence-corrected chi connectivity index (χ2v) is 6.62. The van der Waals surface area contributed by atoms with E-state index in [-0.39, 0.29) is 18.9 Å². The van der Waals surface area contributed by atoms with Gasteiger partial charge in [0.2, 0.25) is 5.91 Å². The molecule has 3 N–H and O–H groups in total. The molecule has 3 amide bonds. The summed E-state index contributed by atoms with van der Waals surface area (Å²) in [6, 6.07) is 16.6. The number of carbonyl (C=O) groups is 3. The summed E-state index contributed by atoms with van der Waals surface area (Å²) < 4.78 is 0. The van der Waals surface area contributed by atoms with E-state index in [9.17, 15) is 14.4 Å². The van der Waals surface area contributed by atoms with Crippen molar-refractivity contribution < 1.29 is 14.4 Å². The standard InChI is InChI=1S/C21H25N5O3/c1-15(13-19(27)23-17-9-11-18(12-10-17)26(2)3)24-25-21(29)20(28)22-14-16-7-5-4-6-8-16/h4-12H,13-14H2,1-3H3,(H,22,28)(H,23,27)(H,25,29)/b24-15-. The minimum atomic E-state index is -0.889. The van der Waals surface area contributed by atoms with E-state index in [1.165, 1.54) is 0 Å². The Morgan fingerprint density at radius 1 is 0.931 bits per heavy atom. The fourth-order valence-electron chi connectivity index (χ4n) is 2.38. The summed E-state index contributed by atoms with van der Waals surface area (Å²) in [6.45, 7) is 1.84. The molecule has 0 aromatic heterocycles. The molecular weight excluding hydrogens is 370 g/mol. The maximum atomic E-state index is 12.1. The van der Waals surface area contributed by atoms with Crippen molar-refractivity contribution in [2.45, 2.75) is 19.9 Å². The van der Waals surface area contributed by atoms with Gasteiger partial charge in [-0.1, -0.05) is 30.3 Å². The van der Waals surface area contributed by atoms with E-state index in [0.717, 1.165) is 11.3 Å². The monoisotopic (exact) mass is 395 g/mol. The van der Waals surface area contributed by atoms with Gasteiger partial charge in [-0.25, -0.2) is 5.43 Å². The zero-order chi connectivity index (χ0) is 21.2. The third-order valence-corrected chi connectivity index (χ3v) is 3.93. The van der Waals surface area contributed by atoms with Gasteiger partial charge in [-0.2, -0.15) is 5.10 Å². The van der Waals surface area contributed by atoms with E-state index in [1.807, 2.05) is 61.5 Å². The quantitative estimate of drug-likeness (QED) is 0.378. The van der Waals surface area contributed by atoms with Gasteiger partial charge < -0.3 is 15.5 Å². The molecule has 2 aromatic rings. The van der Waals surface area contributed by atoms with Crippen LogP contribution >= 0.6 is 0 Å². The maximum absolute atomic E-state index is 12.1. The topological polar surface area (TPSA) is 103 Å². The van der Waals surface area contributed by atoms with Crippen LogP contribution in [0.1, 0.15) is 18.9 Å². The normalized spacial score (nSPS) is 10.8. The molecular formula is C21H25N5O3. The molecule has 0 atom stereocenters. The van der Waals surface area contributed by atoms with Crippen LogP contribution < -0.4 is 21.0 Å². The molecule has 0 heterocycles. The number of carbonyl (C=O) groups excluding carboxylic acids is 3. The van der Waals surface area contributed by atoms with Crippen LogP contribution in [0.2, 0.25) is 0 Å². The number of anilines is 2. The Morgan fingerprint density at radius 2 is 1.59 bits per heavy atom. The Balaban J connectivity index is 1.77. The fourth-order valence-corrected chi connectivity index (χ4v) is 2.38. The predicted octanol–water partition coefficient (Wildman–Crippen LogP) is 1.89. The lowest BCUT2D eigenvalue weighted by atomic mass is 10.2. The molecule has 0 aliphatic rings. The van der Waals surface area contributed by atoms with Gasteiger partial charge in [0.05, 0.1) is 6.42 Å². The first-order chi connectivity index (χ1) is 13.8. The van der Waals surface area contributed by atoms with Crippen LogP contribution in [0.3, 0.4) is 0 Å². The summed E-state index contributed by atoms with van der Waals surface area (Å²) >= 11 is 0. The summed E-state index contributed by atoms with van der Waals surface area (Å²) in [5, 5.41) is 9.07. The van der Waals surface area contributed by atoms with E-state index in [0.29, 0.717) is 11.4 Å². The molecule has 0 fully saturated rings. The zero-order valence-corrected chi connectivity index (χ0v) is 16.7. The molecule has 0 saturated carbocycles. The minimum Gasteiger partial charge on any atom is -0.378 e. The van der Waals surface area contributed by atoms with Crippen molar-refractivity contribution in [1.82, 2.24) is 10.7 Å². The van der Waals surface area contributed by atoms with Gasteiger partial charge in [-0.05, 0) is 36.8 Å². The molecule has 0 aliphatic carbocycles. The lowest BCUT2D eigenvalue weighted by Gasteiger charge is -2.13. The van der Waals surface area contributed by atoms with Crippen molar-refractivity contribution in [3.05, 3.63) is 60.2 Å².